The van der Waals surface area contributed by atoms with Gasteiger partial charge in [-0.3, -0.25) is 14.0 Å². The van der Waals surface area contributed by atoms with E-state index in [4.69, 9.17) is 9.05 Å². The van der Waals surface area contributed by atoms with Crippen LogP contribution in [0.25, 0.3) is 0 Å². The third-order valence-electron chi connectivity index (χ3n) is 4.07. The second-order valence-corrected chi connectivity index (χ2v) is 8.15. The maximum atomic E-state index is 11.6. The number of phosphoric acid groups is 1. The molecule has 0 aliphatic rings. The number of aromatic nitrogens is 1. The quantitative estimate of drug-likeness (QED) is 0.240. The zero-order valence-corrected chi connectivity index (χ0v) is 18.2. The van der Waals surface area contributed by atoms with Crippen LogP contribution in [0.5, 0.6) is 0 Å². The summed E-state index contributed by atoms with van der Waals surface area (Å²) in [6.45, 7) is 5.01. The minimum Gasteiger partial charge on any atom is -0.302 e. The summed E-state index contributed by atoms with van der Waals surface area (Å²) in [4.78, 5) is 13.3. The summed E-state index contributed by atoms with van der Waals surface area (Å²) in [6, 6.07) is 5.72. The molecule has 0 bridgehead atoms. The van der Waals surface area contributed by atoms with E-state index in [1.165, 1.54) is 51.4 Å². The topological polar surface area (TPSA) is 68.7 Å². The smallest absolute Gasteiger partial charge is 0.302 e. The first kappa shape index (κ1) is 26.3. The molecule has 0 atom stereocenters. The fourth-order valence-corrected chi connectivity index (χ4v) is 3.27. The molecule has 0 saturated carbocycles. The van der Waals surface area contributed by atoms with Gasteiger partial charge in [-0.25, -0.2) is 4.57 Å². The number of pyridine rings is 1. The molecular weight excluding hydrogens is 361 g/mol. The van der Waals surface area contributed by atoms with Gasteiger partial charge >= 0.3 is 7.82 Å². The predicted octanol–water partition coefficient (Wildman–Crippen LogP) is 6.92. The lowest BCUT2D eigenvalue weighted by Gasteiger charge is -2.12. The van der Waals surface area contributed by atoms with Crippen molar-refractivity contribution in [3.8, 4) is 0 Å². The molecular formula is C21H40NO4P. The molecule has 27 heavy (non-hydrogen) atoms. The van der Waals surface area contributed by atoms with Gasteiger partial charge in [0.25, 0.3) is 0 Å². The van der Waals surface area contributed by atoms with Gasteiger partial charge in [-0.1, -0.05) is 84.1 Å². The van der Waals surface area contributed by atoms with Gasteiger partial charge in [0.1, 0.15) is 0 Å². The Hall–Kier alpha value is -0.740. The van der Waals surface area contributed by atoms with Gasteiger partial charge in [0.15, 0.2) is 0 Å². The molecule has 158 valence electrons. The first-order valence-electron chi connectivity index (χ1n) is 10.6. The van der Waals surface area contributed by atoms with E-state index >= 15 is 0 Å². The summed E-state index contributed by atoms with van der Waals surface area (Å²) >= 11 is 0. The summed E-state index contributed by atoms with van der Waals surface area (Å²) in [6.07, 6.45) is 17.1. The molecule has 0 radical (unpaired) electrons. The van der Waals surface area contributed by atoms with Crippen LogP contribution in [-0.4, -0.2) is 23.1 Å². The molecule has 0 saturated heterocycles. The number of hydrogen-bond donors (Lipinski definition) is 1. The van der Waals surface area contributed by atoms with E-state index in [9.17, 15) is 9.46 Å². The van der Waals surface area contributed by atoms with Gasteiger partial charge in [-0.15, -0.1) is 0 Å². The maximum absolute atomic E-state index is 11.6. The molecule has 0 aliphatic heterocycles. The van der Waals surface area contributed by atoms with Crippen LogP contribution in [0, 0.1) is 0 Å². The van der Waals surface area contributed by atoms with Gasteiger partial charge in [0.05, 0.1) is 13.2 Å². The van der Waals surface area contributed by atoms with Crippen molar-refractivity contribution in [3.63, 3.8) is 0 Å². The highest BCUT2D eigenvalue weighted by molar-refractivity contribution is 7.47. The van der Waals surface area contributed by atoms with E-state index in [1.807, 2.05) is 18.2 Å². The first-order valence-corrected chi connectivity index (χ1v) is 12.1. The van der Waals surface area contributed by atoms with E-state index < -0.39 is 7.82 Å². The van der Waals surface area contributed by atoms with Crippen LogP contribution in [0.1, 0.15) is 90.9 Å². The van der Waals surface area contributed by atoms with E-state index in [0.29, 0.717) is 13.2 Å². The van der Waals surface area contributed by atoms with Crippen molar-refractivity contribution in [1.82, 2.24) is 4.98 Å². The summed E-state index contributed by atoms with van der Waals surface area (Å²) < 4.78 is 21.5. The molecule has 0 fully saturated rings. The molecule has 6 heteroatoms. The minimum atomic E-state index is -3.82. The Morgan fingerprint density at radius 1 is 0.704 bits per heavy atom. The molecule has 1 N–H and O–H groups in total. The molecule has 0 aromatic carbocycles. The molecule has 1 rings (SSSR count). The van der Waals surface area contributed by atoms with Gasteiger partial charge < -0.3 is 4.89 Å². The van der Waals surface area contributed by atoms with E-state index in [1.54, 1.807) is 12.4 Å². The third-order valence-corrected chi connectivity index (χ3v) is 5.09. The fourth-order valence-electron chi connectivity index (χ4n) is 2.47. The Bertz CT molecular complexity index is 396. The maximum Gasteiger partial charge on any atom is 0.472 e. The molecule has 5 nitrogen and oxygen atoms in total. The second-order valence-electron chi connectivity index (χ2n) is 6.70. The van der Waals surface area contributed by atoms with Crippen molar-refractivity contribution in [2.24, 2.45) is 0 Å². The minimum absolute atomic E-state index is 0.316. The van der Waals surface area contributed by atoms with Gasteiger partial charge in [-0.2, -0.15) is 0 Å². The summed E-state index contributed by atoms with van der Waals surface area (Å²) in [5, 5.41) is 0. The SMILES string of the molecule is CCCCCCCCOP(=O)(O)OCCCCCCCC.c1ccncc1. The van der Waals surface area contributed by atoms with Crippen LogP contribution in [0.2, 0.25) is 0 Å². The van der Waals surface area contributed by atoms with E-state index in [-0.39, 0.29) is 0 Å². The molecule has 0 amide bonds. The van der Waals surface area contributed by atoms with Gasteiger partial charge in [-0.05, 0) is 25.0 Å². The monoisotopic (exact) mass is 401 g/mol. The Morgan fingerprint density at radius 2 is 1.11 bits per heavy atom. The highest BCUT2D eigenvalue weighted by Crippen LogP contribution is 2.43. The Balaban J connectivity index is 0.000000941. The average molecular weight is 402 g/mol. The van der Waals surface area contributed by atoms with E-state index in [2.05, 4.69) is 18.8 Å². The summed E-state index contributed by atoms with van der Waals surface area (Å²) in [5.41, 5.74) is 0. The standard InChI is InChI=1S/C16H35O4P.C5H5N/c1-3-5-7-9-11-13-15-19-21(17,18)20-16-14-12-10-8-6-4-2;1-2-4-6-5-3-1/h3-16H2,1-2H3,(H,17,18);1-5H. The lowest BCUT2D eigenvalue weighted by molar-refractivity contribution is 0.145. The Morgan fingerprint density at radius 3 is 1.44 bits per heavy atom. The number of hydrogen-bond acceptors (Lipinski definition) is 4. The van der Waals surface area contributed by atoms with Crippen LogP contribution >= 0.6 is 7.82 Å². The Labute approximate surface area is 166 Å². The zero-order valence-electron chi connectivity index (χ0n) is 17.4. The van der Waals surface area contributed by atoms with Crippen LogP contribution in [-0.2, 0) is 13.6 Å². The van der Waals surface area contributed by atoms with Crippen molar-refractivity contribution in [2.45, 2.75) is 90.9 Å². The van der Waals surface area contributed by atoms with E-state index in [0.717, 1.165) is 25.7 Å². The lowest BCUT2D eigenvalue weighted by Crippen LogP contribution is -1.99. The molecule has 1 aromatic heterocycles. The first-order chi connectivity index (χ1) is 13.1. The molecule has 0 unspecified atom stereocenters. The van der Waals surface area contributed by atoms with Gasteiger partial charge in [0, 0.05) is 12.4 Å². The lowest BCUT2D eigenvalue weighted by atomic mass is 10.1. The summed E-state index contributed by atoms with van der Waals surface area (Å²) in [5.74, 6) is 0. The van der Waals surface area contributed by atoms with Crippen LogP contribution in [0.3, 0.4) is 0 Å². The predicted molar refractivity (Wildman–Crippen MR) is 113 cm³/mol. The number of rotatable bonds is 16. The highest BCUT2D eigenvalue weighted by atomic mass is 31.2. The van der Waals surface area contributed by atoms with Crippen LogP contribution in [0.4, 0.5) is 0 Å². The molecule has 0 spiro atoms. The average Bonchev–Trinajstić information content (AvgIpc) is 2.68. The van der Waals surface area contributed by atoms with Crippen molar-refractivity contribution < 1.29 is 18.5 Å². The molecule has 1 heterocycles. The number of nitrogens with zero attached hydrogens (tertiary/aromatic N) is 1. The van der Waals surface area contributed by atoms with Crippen LogP contribution in [0.15, 0.2) is 30.6 Å². The Kier molecular flexibility index (Phi) is 19.5. The normalized spacial score (nSPS) is 11.1. The largest absolute Gasteiger partial charge is 0.472 e. The van der Waals surface area contributed by atoms with Gasteiger partial charge in [0.2, 0.25) is 0 Å². The van der Waals surface area contributed by atoms with Crippen molar-refractivity contribution >= 4 is 7.82 Å². The number of unbranched alkanes of at least 4 members (excludes halogenated alkanes) is 10. The third kappa shape index (κ3) is 21.4. The number of phosphoric ester groups is 1. The van der Waals surface area contributed by atoms with Crippen molar-refractivity contribution in [2.75, 3.05) is 13.2 Å². The van der Waals surface area contributed by atoms with Crippen molar-refractivity contribution in [1.29, 1.82) is 0 Å². The van der Waals surface area contributed by atoms with Crippen molar-refractivity contribution in [3.05, 3.63) is 30.6 Å². The molecule has 1 aromatic rings. The highest BCUT2D eigenvalue weighted by Gasteiger charge is 2.19. The zero-order chi connectivity index (χ0) is 20.1. The van der Waals surface area contributed by atoms with Crippen LogP contribution < -0.4 is 0 Å². The molecule has 0 aliphatic carbocycles. The fraction of sp³-hybridized carbons (Fsp3) is 0.762. The second kappa shape index (κ2) is 20.0. The summed E-state index contributed by atoms with van der Waals surface area (Å²) in [7, 11) is -3.82.